The number of carbonyl (C=O) groups excluding carboxylic acids is 2. The second-order valence-electron chi connectivity index (χ2n) is 6.47. The fourth-order valence-corrected chi connectivity index (χ4v) is 4.25. The molecule has 3 aliphatic rings. The van der Waals surface area contributed by atoms with E-state index in [-0.39, 0.29) is 23.8 Å². The zero-order chi connectivity index (χ0) is 13.1. The van der Waals surface area contributed by atoms with Gasteiger partial charge in [0.2, 0.25) is 0 Å². The molecular weight excluding hydrogens is 228 g/mol. The number of carbonyl (C=O) groups is 2. The number of rotatable bonds is 3. The van der Waals surface area contributed by atoms with Gasteiger partial charge in [-0.25, -0.2) is 4.79 Å². The molecule has 98 valence electrons. The van der Waals surface area contributed by atoms with E-state index in [0.717, 1.165) is 19.3 Å². The quantitative estimate of drug-likeness (QED) is 0.569. The van der Waals surface area contributed by atoms with Crippen molar-refractivity contribution < 1.29 is 14.3 Å². The summed E-state index contributed by atoms with van der Waals surface area (Å²) < 4.78 is 5.41. The fourth-order valence-electron chi connectivity index (χ4n) is 4.25. The van der Waals surface area contributed by atoms with Crippen LogP contribution in [0, 0.1) is 23.2 Å². The van der Waals surface area contributed by atoms with Crippen molar-refractivity contribution in [3.63, 3.8) is 0 Å². The summed E-state index contributed by atoms with van der Waals surface area (Å²) in [4.78, 5) is 22.6. The minimum absolute atomic E-state index is 0.0496. The summed E-state index contributed by atoms with van der Waals surface area (Å²) in [6.45, 7) is 7.81. The van der Waals surface area contributed by atoms with Crippen LogP contribution in [0.2, 0.25) is 0 Å². The lowest BCUT2D eigenvalue weighted by Gasteiger charge is -2.27. The van der Waals surface area contributed by atoms with Crippen molar-refractivity contribution >= 4 is 11.8 Å². The van der Waals surface area contributed by atoms with Gasteiger partial charge < -0.3 is 9.53 Å². The lowest BCUT2D eigenvalue weighted by atomic mass is 9.79. The van der Waals surface area contributed by atoms with Crippen molar-refractivity contribution in [3.05, 3.63) is 12.2 Å². The number of Topliss-reactive ketones (excluding diaryl/α,β-unsaturated/α-hetero) is 1. The maximum absolute atomic E-state index is 11.5. The maximum Gasteiger partial charge on any atom is 0.334 e. The summed E-state index contributed by atoms with van der Waals surface area (Å²) in [6.07, 6.45) is 3.71. The van der Waals surface area contributed by atoms with Crippen LogP contribution in [-0.4, -0.2) is 17.9 Å². The average Bonchev–Trinajstić information content (AvgIpc) is 2.77. The van der Waals surface area contributed by atoms with E-state index in [1.54, 1.807) is 6.92 Å². The molecule has 2 aliphatic carbocycles. The number of ketones is 1. The van der Waals surface area contributed by atoms with Crippen LogP contribution in [0.15, 0.2) is 12.2 Å². The van der Waals surface area contributed by atoms with Gasteiger partial charge in [-0.1, -0.05) is 13.5 Å². The molecule has 3 heteroatoms. The van der Waals surface area contributed by atoms with Crippen LogP contribution in [0.4, 0.5) is 0 Å². The number of ether oxygens (including phenoxy) is 1. The molecule has 0 bridgehead atoms. The number of fused-ring (bicyclic) bond motifs is 2. The topological polar surface area (TPSA) is 43.4 Å². The molecular formula is C15H20O3. The molecule has 4 unspecified atom stereocenters. The van der Waals surface area contributed by atoms with E-state index in [1.807, 2.05) is 0 Å². The van der Waals surface area contributed by atoms with E-state index >= 15 is 0 Å². The second-order valence-corrected chi connectivity index (χ2v) is 6.47. The molecule has 0 radical (unpaired) electrons. The summed E-state index contributed by atoms with van der Waals surface area (Å²) in [6, 6.07) is 0. The minimum Gasteiger partial charge on any atom is -0.458 e. The molecule has 0 aromatic heterocycles. The van der Waals surface area contributed by atoms with Crippen molar-refractivity contribution in [1.82, 2.24) is 0 Å². The van der Waals surface area contributed by atoms with Crippen LogP contribution in [0.5, 0.6) is 0 Å². The van der Waals surface area contributed by atoms with Gasteiger partial charge in [0.1, 0.15) is 11.9 Å². The molecule has 0 amide bonds. The van der Waals surface area contributed by atoms with E-state index in [0.29, 0.717) is 29.2 Å². The van der Waals surface area contributed by atoms with Crippen molar-refractivity contribution in [3.8, 4) is 0 Å². The molecule has 1 heterocycles. The third-order valence-electron chi connectivity index (χ3n) is 5.44. The van der Waals surface area contributed by atoms with Gasteiger partial charge >= 0.3 is 5.97 Å². The molecule has 3 nitrogen and oxygen atoms in total. The number of hydrogen-bond acceptors (Lipinski definition) is 3. The molecule has 5 atom stereocenters. The Morgan fingerprint density at radius 1 is 1.56 bits per heavy atom. The summed E-state index contributed by atoms with van der Waals surface area (Å²) in [5, 5.41) is 0. The Morgan fingerprint density at radius 2 is 2.28 bits per heavy atom. The molecule has 0 aromatic carbocycles. The van der Waals surface area contributed by atoms with Crippen LogP contribution in [0.25, 0.3) is 0 Å². The van der Waals surface area contributed by atoms with E-state index < -0.39 is 0 Å². The Labute approximate surface area is 108 Å². The molecule has 0 spiro atoms. The standard InChI is InChI=1S/C15H20O3/c1-8(16)4-5-11-12-6-10-9(2)14(17)18-13(10)7-15(11,12)3/h10-13H,2,4-7H2,1,3H3/t10?,11?,12?,13?,15-/m1/s1. The summed E-state index contributed by atoms with van der Waals surface area (Å²) in [7, 11) is 0. The van der Waals surface area contributed by atoms with E-state index in [2.05, 4.69) is 13.5 Å². The molecule has 18 heavy (non-hydrogen) atoms. The predicted octanol–water partition coefficient (Wildman–Crippen LogP) is 2.50. The van der Waals surface area contributed by atoms with Crippen LogP contribution >= 0.6 is 0 Å². The lowest BCUT2D eigenvalue weighted by molar-refractivity contribution is -0.140. The number of esters is 1. The Kier molecular flexibility index (Phi) is 2.45. The van der Waals surface area contributed by atoms with Crippen molar-refractivity contribution in [2.75, 3.05) is 0 Å². The Hall–Kier alpha value is -1.12. The van der Waals surface area contributed by atoms with Crippen LogP contribution in [-0.2, 0) is 14.3 Å². The van der Waals surface area contributed by atoms with Gasteiger partial charge in [-0.05, 0) is 43.4 Å². The Bertz CT molecular complexity index is 439. The fraction of sp³-hybridized carbons (Fsp3) is 0.733. The summed E-state index contributed by atoms with van der Waals surface area (Å²) in [5.74, 6) is 1.61. The molecule has 1 aliphatic heterocycles. The first-order chi connectivity index (χ1) is 8.43. The monoisotopic (exact) mass is 248 g/mol. The first-order valence-corrected chi connectivity index (χ1v) is 6.82. The smallest absolute Gasteiger partial charge is 0.334 e. The Balaban J connectivity index is 1.69. The van der Waals surface area contributed by atoms with Gasteiger partial charge in [-0.15, -0.1) is 0 Å². The van der Waals surface area contributed by atoms with E-state index in [9.17, 15) is 9.59 Å². The molecule has 2 saturated carbocycles. The minimum atomic E-state index is -0.199. The Morgan fingerprint density at radius 3 is 2.94 bits per heavy atom. The maximum atomic E-state index is 11.5. The first kappa shape index (κ1) is 11.9. The highest BCUT2D eigenvalue weighted by molar-refractivity contribution is 5.90. The molecule has 0 aromatic rings. The molecule has 3 fully saturated rings. The highest BCUT2D eigenvalue weighted by Gasteiger charge is 2.66. The van der Waals surface area contributed by atoms with Gasteiger partial charge in [-0.2, -0.15) is 0 Å². The predicted molar refractivity (Wildman–Crippen MR) is 66.7 cm³/mol. The largest absolute Gasteiger partial charge is 0.458 e. The third-order valence-corrected chi connectivity index (χ3v) is 5.44. The second kappa shape index (κ2) is 3.69. The zero-order valence-electron chi connectivity index (χ0n) is 11.1. The highest BCUT2D eigenvalue weighted by Crippen LogP contribution is 2.70. The SMILES string of the molecule is C=C1C(=O)OC2C[C@]3(C)C(CCC(C)=O)C3CC12. The average molecular weight is 248 g/mol. The van der Waals surface area contributed by atoms with Gasteiger partial charge in [0.25, 0.3) is 0 Å². The van der Waals surface area contributed by atoms with Gasteiger partial charge in [0, 0.05) is 17.9 Å². The lowest BCUT2D eigenvalue weighted by Crippen LogP contribution is -2.26. The van der Waals surface area contributed by atoms with Crippen molar-refractivity contribution in [2.45, 2.75) is 45.6 Å². The summed E-state index contributed by atoms with van der Waals surface area (Å²) >= 11 is 0. The first-order valence-electron chi connectivity index (χ1n) is 6.82. The van der Waals surface area contributed by atoms with E-state index in [1.165, 1.54) is 0 Å². The van der Waals surface area contributed by atoms with Gasteiger partial charge in [0.05, 0.1) is 0 Å². The number of hydrogen-bond donors (Lipinski definition) is 0. The van der Waals surface area contributed by atoms with Gasteiger partial charge in [0.15, 0.2) is 0 Å². The van der Waals surface area contributed by atoms with Crippen LogP contribution in [0.3, 0.4) is 0 Å². The normalized spacial score (nSPS) is 45.2. The van der Waals surface area contributed by atoms with Crippen LogP contribution in [0.1, 0.15) is 39.5 Å². The molecule has 0 N–H and O–H groups in total. The van der Waals surface area contributed by atoms with Crippen molar-refractivity contribution in [2.24, 2.45) is 23.2 Å². The van der Waals surface area contributed by atoms with E-state index in [4.69, 9.17) is 4.74 Å². The molecule has 1 saturated heterocycles. The highest BCUT2D eigenvalue weighted by atomic mass is 16.6. The van der Waals surface area contributed by atoms with Crippen molar-refractivity contribution in [1.29, 1.82) is 0 Å². The third kappa shape index (κ3) is 1.56. The zero-order valence-corrected chi connectivity index (χ0v) is 11.1. The summed E-state index contributed by atoms with van der Waals surface area (Å²) in [5.41, 5.74) is 0.959. The van der Waals surface area contributed by atoms with Gasteiger partial charge in [-0.3, -0.25) is 0 Å². The van der Waals surface area contributed by atoms with Crippen LogP contribution < -0.4 is 0 Å². The molecule has 3 rings (SSSR count).